The van der Waals surface area contributed by atoms with Gasteiger partial charge in [0.25, 0.3) is 11.5 Å². The number of halogens is 3. The number of rotatable bonds is 3. The molecule has 1 saturated heterocycles. The van der Waals surface area contributed by atoms with Crippen LogP contribution < -0.4 is 10.9 Å². The predicted molar refractivity (Wildman–Crippen MR) is 107 cm³/mol. The van der Waals surface area contributed by atoms with Crippen LogP contribution in [0, 0.1) is 0 Å². The third kappa shape index (κ3) is 4.31. The number of carbonyl (C=O) groups excluding carboxylic acids is 1. The number of amides is 1. The van der Waals surface area contributed by atoms with Gasteiger partial charge in [0.2, 0.25) is 0 Å². The Kier molecular flexibility index (Phi) is 5.08. The molecule has 0 bridgehead atoms. The van der Waals surface area contributed by atoms with E-state index in [0.29, 0.717) is 6.42 Å². The second-order valence-corrected chi connectivity index (χ2v) is 9.50. The third-order valence-corrected chi connectivity index (χ3v) is 6.81. The van der Waals surface area contributed by atoms with Crippen LogP contribution in [0.15, 0.2) is 53.6 Å². The molecule has 0 radical (unpaired) electrons. The lowest BCUT2D eigenvalue weighted by Crippen LogP contribution is -2.35. The number of alkyl halides is 3. The van der Waals surface area contributed by atoms with Gasteiger partial charge in [-0.3, -0.25) is 14.2 Å². The zero-order valence-electron chi connectivity index (χ0n) is 15.9. The summed E-state index contributed by atoms with van der Waals surface area (Å²) in [4.78, 5) is 29.3. The van der Waals surface area contributed by atoms with Crippen LogP contribution in [0.1, 0.15) is 22.3 Å². The molecule has 1 fully saturated rings. The highest BCUT2D eigenvalue weighted by atomic mass is 32.2. The minimum Gasteiger partial charge on any atom is -0.348 e. The Morgan fingerprint density at radius 1 is 1.16 bits per heavy atom. The molecule has 2 aromatic carbocycles. The molecule has 3 aromatic rings. The lowest BCUT2D eigenvalue weighted by atomic mass is 10.1. The third-order valence-electron chi connectivity index (χ3n) is 5.04. The van der Waals surface area contributed by atoms with E-state index in [2.05, 4.69) is 10.3 Å². The Hall–Kier alpha value is -3.21. The Morgan fingerprint density at radius 2 is 1.94 bits per heavy atom. The highest BCUT2D eigenvalue weighted by molar-refractivity contribution is 7.91. The molecule has 0 aliphatic carbocycles. The van der Waals surface area contributed by atoms with Crippen molar-refractivity contribution in [2.75, 3.05) is 11.5 Å². The lowest BCUT2D eigenvalue weighted by molar-refractivity contribution is -0.137. The summed E-state index contributed by atoms with van der Waals surface area (Å²) in [5, 5.41) is 2.78. The van der Waals surface area contributed by atoms with E-state index in [1.54, 1.807) is 0 Å². The molecule has 0 unspecified atom stereocenters. The second kappa shape index (κ2) is 7.49. The van der Waals surface area contributed by atoms with Crippen molar-refractivity contribution in [2.45, 2.75) is 18.6 Å². The maximum Gasteiger partial charge on any atom is 0.416 e. The van der Waals surface area contributed by atoms with E-state index < -0.39 is 39.1 Å². The van der Waals surface area contributed by atoms with E-state index in [4.69, 9.17) is 0 Å². The van der Waals surface area contributed by atoms with Gasteiger partial charge in [0.1, 0.15) is 6.33 Å². The Bertz CT molecular complexity index is 1350. The summed E-state index contributed by atoms with van der Waals surface area (Å²) in [6.45, 7) is 0. The molecule has 1 aliphatic heterocycles. The van der Waals surface area contributed by atoms with Gasteiger partial charge in [-0.15, -0.1) is 0 Å². The molecule has 1 aliphatic rings. The smallest absolute Gasteiger partial charge is 0.348 e. The quantitative estimate of drug-likeness (QED) is 0.659. The summed E-state index contributed by atoms with van der Waals surface area (Å²) in [5.74, 6) is -0.591. The van der Waals surface area contributed by atoms with E-state index in [-0.39, 0.29) is 33.7 Å². The summed E-state index contributed by atoms with van der Waals surface area (Å²) < 4.78 is 63.0. The topological polar surface area (TPSA) is 98.1 Å². The Balaban J connectivity index is 1.64. The summed E-state index contributed by atoms with van der Waals surface area (Å²) >= 11 is 0. The molecule has 4 rings (SSSR count). The van der Waals surface area contributed by atoms with Gasteiger partial charge in [-0.25, -0.2) is 13.4 Å². The first-order valence-corrected chi connectivity index (χ1v) is 11.1. The standard InChI is InChI=1S/C20H16F3N3O4S/c21-20(22,23)13-2-1-3-15(9-13)26-11-24-17-8-12(4-5-16(17)19(26)28)18(27)25-14-6-7-31(29,30)10-14/h1-5,8-9,11,14H,6-7,10H2,(H,25,27)/t14-/m0/s1. The molecule has 1 aromatic heterocycles. The zero-order chi connectivity index (χ0) is 22.4. The second-order valence-electron chi connectivity index (χ2n) is 7.27. The zero-order valence-corrected chi connectivity index (χ0v) is 16.7. The summed E-state index contributed by atoms with van der Waals surface area (Å²) in [6, 6.07) is 7.99. The minimum atomic E-state index is -4.55. The number of carbonyl (C=O) groups is 1. The first-order chi connectivity index (χ1) is 14.5. The van der Waals surface area contributed by atoms with Crippen LogP contribution in [0.2, 0.25) is 0 Å². The molecular weight excluding hydrogens is 435 g/mol. The van der Waals surface area contributed by atoms with Crippen LogP contribution in [-0.4, -0.2) is 41.4 Å². The highest BCUT2D eigenvalue weighted by Gasteiger charge is 2.31. The summed E-state index contributed by atoms with van der Waals surface area (Å²) in [7, 11) is -3.15. The van der Waals surface area contributed by atoms with Gasteiger partial charge in [0.05, 0.1) is 33.7 Å². The molecule has 31 heavy (non-hydrogen) atoms. The number of fused-ring (bicyclic) bond motifs is 1. The maximum absolute atomic E-state index is 13.0. The summed E-state index contributed by atoms with van der Waals surface area (Å²) in [5.41, 5.74) is -1.07. The first kappa shape index (κ1) is 21.0. The number of aromatic nitrogens is 2. The van der Waals surface area contributed by atoms with Crippen molar-refractivity contribution in [1.82, 2.24) is 14.9 Å². The number of nitrogens with zero attached hydrogens (tertiary/aromatic N) is 2. The van der Waals surface area contributed by atoms with E-state index in [1.165, 1.54) is 30.3 Å². The molecular formula is C20H16F3N3O4S. The van der Waals surface area contributed by atoms with Crippen LogP contribution in [-0.2, 0) is 16.0 Å². The molecule has 1 amide bonds. The SMILES string of the molecule is O=C(N[C@H]1CCS(=O)(=O)C1)c1ccc2c(=O)n(-c3cccc(C(F)(F)F)c3)cnc2c1. The van der Waals surface area contributed by atoms with Crippen LogP contribution >= 0.6 is 0 Å². The number of benzene rings is 2. The van der Waals surface area contributed by atoms with E-state index >= 15 is 0 Å². The van der Waals surface area contributed by atoms with E-state index in [9.17, 15) is 31.2 Å². The number of hydrogen-bond donors (Lipinski definition) is 1. The van der Waals surface area contributed by atoms with Gasteiger partial charge >= 0.3 is 6.18 Å². The lowest BCUT2D eigenvalue weighted by Gasteiger charge is -2.12. The van der Waals surface area contributed by atoms with Crippen molar-refractivity contribution >= 4 is 26.6 Å². The van der Waals surface area contributed by atoms with E-state index in [1.807, 2.05) is 0 Å². The fourth-order valence-corrected chi connectivity index (χ4v) is 5.13. The van der Waals surface area contributed by atoms with Gasteiger partial charge in [0, 0.05) is 11.6 Å². The average Bonchev–Trinajstić information content (AvgIpc) is 3.05. The number of hydrogen-bond acceptors (Lipinski definition) is 5. The van der Waals surface area contributed by atoms with Gasteiger partial charge in [0.15, 0.2) is 9.84 Å². The van der Waals surface area contributed by atoms with Crippen LogP contribution in [0.5, 0.6) is 0 Å². The fraction of sp³-hybridized carbons (Fsp3) is 0.250. The van der Waals surface area contributed by atoms with Crippen molar-refractivity contribution in [1.29, 1.82) is 0 Å². The molecule has 2 heterocycles. The van der Waals surface area contributed by atoms with Crippen molar-refractivity contribution in [3.05, 3.63) is 70.3 Å². The minimum absolute atomic E-state index is 0.0125. The van der Waals surface area contributed by atoms with Gasteiger partial charge in [-0.1, -0.05) is 6.07 Å². The first-order valence-electron chi connectivity index (χ1n) is 9.24. The Morgan fingerprint density at radius 3 is 2.61 bits per heavy atom. The van der Waals surface area contributed by atoms with Crippen molar-refractivity contribution in [3.63, 3.8) is 0 Å². The highest BCUT2D eigenvalue weighted by Crippen LogP contribution is 2.30. The monoisotopic (exact) mass is 451 g/mol. The Labute approximate surface area is 174 Å². The normalized spacial score (nSPS) is 18.2. The van der Waals surface area contributed by atoms with Crippen LogP contribution in [0.25, 0.3) is 16.6 Å². The number of sulfone groups is 1. The van der Waals surface area contributed by atoms with Gasteiger partial charge in [-0.2, -0.15) is 13.2 Å². The molecule has 1 N–H and O–H groups in total. The summed E-state index contributed by atoms with van der Waals surface area (Å²) in [6.07, 6.45) is -3.11. The van der Waals surface area contributed by atoms with Crippen molar-refractivity contribution in [3.8, 4) is 5.69 Å². The fourth-order valence-electron chi connectivity index (χ4n) is 3.46. The van der Waals surface area contributed by atoms with E-state index in [0.717, 1.165) is 23.0 Å². The molecule has 1 atom stereocenters. The van der Waals surface area contributed by atoms with Crippen molar-refractivity contribution in [2.24, 2.45) is 0 Å². The molecule has 11 heteroatoms. The average molecular weight is 451 g/mol. The molecule has 0 saturated carbocycles. The van der Waals surface area contributed by atoms with Gasteiger partial charge in [-0.05, 0) is 42.8 Å². The van der Waals surface area contributed by atoms with Crippen molar-refractivity contribution < 1.29 is 26.4 Å². The van der Waals surface area contributed by atoms with Crippen LogP contribution in [0.3, 0.4) is 0 Å². The van der Waals surface area contributed by atoms with Gasteiger partial charge < -0.3 is 5.32 Å². The largest absolute Gasteiger partial charge is 0.416 e. The van der Waals surface area contributed by atoms with Crippen LogP contribution in [0.4, 0.5) is 13.2 Å². The molecule has 7 nitrogen and oxygen atoms in total. The number of nitrogens with one attached hydrogen (secondary N) is 1. The maximum atomic E-state index is 13.0. The molecule has 0 spiro atoms. The predicted octanol–water partition coefficient (Wildman–Crippen LogP) is 2.32. The molecule has 162 valence electrons.